The predicted octanol–water partition coefficient (Wildman–Crippen LogP) is 17.9. The smallest absolute Gasteiger partial charge is 0.417 e. The summed E-state index contributed by atoms with van der Waals surface area (Å²) in [6.07, 6.45) is -21.3. The lowest BCUT2D eigenvalue weighted by atomic mass is 10.00. The van der Waals surface area contributed by atoms with Gasteiger partial charge in [0.2, 0.25) is 0 Å². The first-order valence-corrected chi connectivity index (χ1v) is 27.5. The third-order valence-electron chi connectivity index (χ3n) is 13.3. The number of carbonyl (C=O) groups excluding carboxylic acids is 6. The molecule has 0 aromatic heterocycles. The van der Waals surface area contributed by atoms with E-state index >= 15 is 0 Å². The van der Waals surface area contributed by atoms with Crippen LogP contribution in [0.3, 0.4) is 0 Å². The average molecular weight is 1440 g/mol. The molecule has 0 unspecified atom stereocenters. The Hall–Kier alpha value is -11.2. The molecule has 9 rings (SSSR count). The van der Waals surface area contributed by atoms with Gasteiger partial charge in [-0.2, -0.15) is 79.0 Å². The number of carbonyl (C=O) groups is 6. The van der Waals surface area contributed by atoms with E-state index in [0.717, 1.165) is 61.7 Å². The minimum absolute atomic E-state index is 0.00612. The number of methoxy groups -OCH3 is 1. The van der Waals surface area contributed by atoms with Crippen LogP contribution in [0.15, 0.2) is 163 Å². The molecule has 3 amide bonds. The number of alkyl halides is 18. The van der Waals surface area contributed by atoms with Crippen LogP contribution in [0.2, 0.25) is 0 Å². The number of ether oxygens (including phenoxy) is 4. The van der Waals surface area contributed by atoms with Gasteiger partial charge in [0.1, 0.15) is 40.4 Å². The molecule has 3 aliphatic rings. The molecule has 0 aliphatic heterocycles. The molecule has 0 bridgehead atoms. The fourth-order valence-electron chi connectivity index (χ4n) is 8.88. The van der Waals surface area contributed by atoms with E-state index < -0.39 is 174 Å². The van der Waals surface area contributed by atoms with Crippen molar-refractivity contribution in [1.29, 1.82) is 0 Å². The molecule has 0 spiro atoms. The number of ketones is 3. The van der Waals surface area contributed by atoms with Crippen LogP contribution in [-0.2, 0) is 51.4 Å². The fourth-order valence-corrected chi connectivity index (χ4v) is 8.88. The number of amides is 3. The van der Waals surface area contributed by atoms with E-state index in [2.05, 4.69) is 10.6 Å². The van der Waals surface area contributed by atoms with Crippen molar-refractivity contribution in [1.82, 2.24) is 16.0 Å². The van der Waals surface area contributed by atoms with E-state index in [-0.39, 0.29) is 95.9 Å². The number of hydrogen-bond donors (Lipinski definition) is 3. The van der Waals surface area contributed by atoms with Crippen LogP contribution in [-0.4, -0.2) is 42.2 Å². The first-order valence-electron chi connectivity index (χ1n) is 27.5. The van der Waals surface area contributed by atoms with Crippen LogP contribution in [0, 0.1) is 30.2 Å². The summed E-state index contributed by atoms with van der Waals surface area (Å²) < 4.78 is 318. The molecule has 6 aromatic carbocycles. The highest BCUT2D eigenvalue weighted by Gasteiger charge is 2.46. The van der Waals surface area contributed by atoms with E-state index in [0.29, 0.717) is 12.1 Å². The van der Waals surface area contributed by atoms with Crippen molar-refractivity contribution in [3.8, 4) is 40.2 Å². The van der Waals surface area contributed by atoms with Crippen molar-refractivity contribution in [3.05, 3.63) is 242 Å². The monoisotopic (exact) mass is 1440 g/mol. The zero-order valence-electron chi connectivity index (χ0n) is 49.9. The average Bonchev–Trinajstić information content (AvgIpc) is 0.779. The van der Waals surface area contributed by atoms with Crippen LogP contribution in [0.25, 0.3) is 0 Å². The molecule has 6 aromatic rings. The van der Waals surface area contributed by atoms with Gasteiger partial charge in [0.05, 0.1) is 57.2 Å². The summed E-state index contributed by atoms with van der Waals surface area (Å²) >= 11 is 0. The maximum Gasteiger partial charge on any atom is 0.417 e. The lowest BCUT2D eigenvalue weighted by Crippen LogP contribution is -2.27. The molecular formula is C65H39F22N3O10. The lowest BCUT2D eigenvalue weighted by molar-refractivity contribution is -0.145. The summed E-state index contributed by atoms with van der Waals surface area (Å²) in [7, 11) is 1.07. The normalized spacial score (nSPS) is 14.1. The Balaban J connectivity index is 0.000000211. The molecule has 0 atom stereocenters. The number of halogens is 22. The van der Waals surface area contributed by atoms with E-state index in [1.54, 1.807) is 0 Å². The highest BCUT2D eigenvalue weighted by molar-refractivity contribution is 6.04. The zero-order valence-corrected chi connectivity index (χ0v) is 49.9. The van der Waals surface area contributed by atoms with Gasteiger partial charge in [-0.3, -0.25) is 28.8 Å². The maximum atomic E-state index is 14.0. The highest BCUT2D eigenvalue weighted by atomic mass is 19.4. The van der Waals surface area contributed by atoms with Gasteiger partial charge in [0.25, 0.3) is 17.7 Å². The van der Waals surface area contributed by atoms with Gasteiger partial charge < -0.3 is 34.9 Å². The molecule has 0 fully saturated rings. The van der Waals surface area contributed by atoms with Gasteiger partial charge in [-0.15, -0.1) is 0 Å². The van der Waals surface area contributed by atoms with E-state index in [1.165, 1.54) is 43.4 Å². The fraction of sp³-hybridized carbons (Fsp3) is 0.169. The van der Waals surface area contributed by atoms with Crippen LogP contribution < -0.4 is 34.9 Å². The second kappa shape index (κ2) is 29.9. The van der Waals surface area contributed by atoms with Crippen molar-refractivity contribution in [2.45, 2.75) is 63.2 Å². The zero-order chi connectivity index (χ0) is 74.4. The maximum absolute atomic E-state index is 14.0. The SMILES string of the molecule is COc1cc(F)ccc1Oc1cc(C(F)(F)F)cc(C(F)(F)F)c1C(=O)NC1=CC(=O)CC=C1.Cc1cc(F)ccc1Oc1cc(C(F)(F)F)cc(C(F)(F)F)c1C(=O)NC1=CC(=O)CC=C1.O=C1C=C(NC(=O)c2c(Oc3ccc(F)cc3F)cc(C(F)(F)F)cc2C(F)(F)F)C=CC1. The summed E-state index contributed by atoms with van der Waals surface area (Å²) in [6.45, 7) is 1.32. The Morgan fingerprint density at radius 3 is 0.960 bits per heavy atom. The van der Waals surface area contributed by atoms with Crippen molar-refractivity contribution in [3.63, 3.8) is 0 Å². The quantitative estimate of drug-likeness (QED) is 0.0944. The third kappa shape index (κ3) is 19.8. The van der Waals surface area contributed by atoms with Crippen LogP contribution in [0.5, 0.6) is 40.2 Å². The molecule has 0 saturated carbocycles. The van der Waals surface area contributed by atoms with Gasteiger partial charge in [-0.25, -0.2) is 17.6 Å². The number of aryl methyl sites for hydroxylation is 1. The standard InChI is InChI=1S/C22H14F7NO4.C22H14F7NO3.C21H11F8NO3/c1-33-17-9-12(23)5-6-16(17)34-18-8-11(21(24,25)26)7-15(22(27,28)29)19(18)20(32)30-13-3-2-4-14(31)10-13;1-11-7-13(23)5-6-17(11)33-18-9-12(21(24,25)26)8-16(22(27,28)29)19(18)20(32)30-14-3-2-4-15(31)10-14;22-11-4-5-16(15(23)8-11)33-17-7-10(20(24,25)26)6-14(21(27,28)29)18(17)19(32)30-12-2-1-3-13(31)9-12/h2-3,5-10H,4H2,1H3,(H,30,32);2-3,5-10H,4H2,1H3,(H,30,32);1-2,4-9H,3H2,(H,30,32). The summed E-state index contributed by atoms with van der Waals surface area (Å²) in [5.41, 5.74) is -15.5. The van der Waals surface area contributed by atoms with Gasteiger partial charge >= 0.3 is 37.1 Å². The van der Waals surface area contributed by atoms with Gasteiger partial charge in [0.15, 0.2) is 40.4 Å². The molecule has 528 valence electrons. The van der Waals surface area contributed by atoms with E-state index in [1.807, 2.05) is 5.32 Å². The Morgan fingerprint density at radius 2 is 0.660 bits per heavy atom. The minimum atomic E-state index is -5.46. The predicted molar refractivity (Wildman–Crippen MR) is 303 cm³/mol. The third-order valence-corrected chi connectivity index (χ3v) is 13.3. The molecule has 13 nitrogen and oxygen atoms in total. The van der Waals surface area contributed by atoms with Crippen molar-refractivity contribution < 1.29 is 144 Å². The van der Waals surface area contributed by atoms with Crippen LogP contribution in [0.1, 0.15) is 89.3 Å². The van der Waals surface area contributed by atoms with Crippen molar-refractivity contribution in [2.75, 3.05) is 7.11 Å². The number of allylic oxidation sites excluding steroid dienone is 9. The summed E-state index contributed by atoms with van der Waals surface area (Å²) in [6, 6.07) is 6.79. The van der Waals surface area contributed by atoms with Crippen LogP contribution >= 0.6 is 0 Å². The largest absolute Gasteiger partial charge is 0.493 e. The number of rotatable bonds is 13. The molecule has 3 aliphatic carbocycles. The number of nitrogens with one attached hydrogen (secondary N) is 3. The van der Waals surface area contributed by atoms with Gasteiger partial charge in [-0.05, 0) is 110 Å². The molecule has 0 radical (unpaired) electrons. The first kappa shape index (κ1) is 76.2. The summed E-state index contributed by atoms with van der Waals surface area (Å²) in [5.74, 6) is -15.3. The van der Waals surface area contributed by atoms with E-state index in [4.69, 9.17) is 18.9 Å². The number of benzene rings is 6. The Morgan fingerprint density at radius 1 is 0.360 bits per heavy atom. The topological polar surface area (TPSA) is 175 Å². The second-order valence-corrected chi connectivity index (χ2v) is 20.6. The van der Waals surface area contributed by atoms with Crippen molar-refractivity contribution >= 4 is 35.1 Å². The molecule has 3 N–H and O–H groups in total. The molecule has 100 heavy (non-hydrogen) atoms. The number of hydrogen-bond acceptors (Lipinski definition) is 10. The second-order valence-electron chi connectivity index (χ2n) is 20.6. The van der Waals surface area contributed by atoms with Gasteiger partial charge in [-0.1, -0.05) is 18.2 Å². The van der Waals surface area contributed by atoms with E-state index in [9.17, 15) is 125 Å². The Bertz CT molecular complexity index is 4250. The van der Waals surface area contributed by atoms with Crippen LogP contribution in [0.4, 0.5) is 96.6 Å². The molecule has 0 saturated heterocycles. The minimum Gasteiger partial charge on any atom is -0.493 e. The summed E-state index contributed by atoms with van der Waals surface area (Å²) in [4.78, 5) is 72.8. The highest BCUT2D eigenvalue weighted by Crippen LogP contribution is 2.47. The summed E-state index contributed by atoms with van der Waals surface area (Å²) in [5, 5.41) is 6.13. The Labute approximate surface area is 546 Å². The first-order chi connectivity index (χ1) is 46.3. The van der Waals surface area contributed by atoms with Crippen molar-refractivity contribution in [2.24, 2.45) is 0 Å². The molecular weight excluding hydrogens is 1400 g/mol. The van der Waals surface area contributed by atoms with Gasteiger partial charge in [0, 0.05) is 66.7 Å². The lowest BCUT2D eigenvalue weighted by Gasteiger charge is -2.21. The Kier molecular flexibility index (Phi) is 22.8. The molecule has 35 heteroatoms. The molecule has 0 heterocycles.